The van der Waals surface area contributed by atoms with Crippen LogP contribution in [0, 0.1) is 0 Å². The fourth-order valence-corrected chi connectivity index (χ4v) is 3.78. The molecule has 0 bridgehead atoms. The van der Waals surface area contributed by atoms with Crippen molar-refractivity contribution in [1.82, 2.24) is 0 Å². The van der Waals surface area contributed by atoms with Crippen LogP contribution >= 0.6 is 11.8 Å². The Balaban J connectivity index is 2.86. The molecule has 0 fully saturated rings. The molecule has 0 radical (unpaired) electrons. The molecule has 0 aliphatic heterocycles. The molecule has 1 aromatic rings. The number of phenols is 1. The molecule has 0 spiro atoms. The van der Waals surface area contributed by atoms with Gasteiger partial charge in [0.2, 0.25) is 0 Å². The van der Waals surface area contributed by atoms with Gasteiger partial charge in [-0.15, -0.1) is 6.58 Å². The van der Waals surface area contributed by atoms with Crippen molar-refractivity contribution in [2.24, 2.45) is 0 Å². The normalized spacial score (nSPS) is 13.2. The molecular weight excluding hydrogens is 368 g/mol. The van der Waals surface area contributed by atoms with Crippen molar-refractivity contribution in [1.29, 1.82) is 0 Å². The number of ether oxygens (including phenoxy) is 1. The van der Waals surface area contributed by atoms with E-state index in [-0.39, 0.29) is 16.8 Å². The number of esters is 1. The van der Waals surface area contributed by atoms with E-state index < -0.39 is 0 Å². The van der Waals surface area contributed by atoms with E-state index in [2.05, 4.69) is 55.0 Å². The van der Waals surface area contributed by atoms with Crippen LogP contribution in [0.5, 0.6) is 5.75 Å². The second-order valence-electron chi connectivity index (χ2n) is 9.37. The zero-order chi connectivity index (χ0) is 21.5. The highest BCUT2D eigenvalue weighted by molar-refractivity contribution is 8.00. The van der Waals surface area contributed by atoms with Gasteiger partial charge in [0.25, 0.3) is 0 Å². The number of aryl methyl sites for hydroxylation is 1. The molecule has 0 aliphatic carbocycles. The van der Waals surface area contributed by atoms with Gasteiger partial charge < -0.3 is 9.84 Å². The number of benzene rings is 1. The van der Waals surface area contributed by atoms with Gasteiger partial charge >= 0.3 is 5.97 Å². The summed E-state index contributed by atoms with van der Waals surface area (Å²) in [4.78, 5) is 12.2. The van der Waals surface area contributed by atoms with Crippen LogP contribution in [0.15, 0.2) is 24.8 Å². The second-order valence-corrected chi connectivity index (χ2v) is 10.7. The van der Waals surface area contributed by atoms with Crippen LogP contribution in [-0.4, -0.2) is 28.7 Å². The summed E-state index contributed by atoms with van der Waals surface area (Å²) in [6, 6.07) is 4.07. The maximum atomic E-state index is 12.2. The molecule has 0 heterocycles. The van der Waals surface area contributed by atoms with Crippen LogP contribution in [0.4, 0.5) is 0 Å². The van der Waals surface area contributed by atoms with Crippen LogP contribution < -0.4 is 0 Å². The SMILES string of the molecule is C=CCSC(CC)COC(=O)CCc1cc(C(C)(C)C)c(O)c(C(C)(C)C)c1. The molecule has 4 heteroatoms. The van der Waals surface area contributed by atoms with Gasteiger partial charge in [-0.1, -0.05) is 66.7 Å². The second kappa shape index (κ2) is 10.4. The molecule has 1 atom stereocenters. The molecule has 28 heavy (non-hydrogen) atoms. The van der Waals surface area contributed by atoms with Crippen molar-refractivity contribution in [2.75, 3.05) is 12.4 Å². The van der Waals surface area contributed by atoms with E-state index in [0.29, 0.717) is 30.4 Å². The number of aromatic hydroxyl groups is 1. The zero-order valence-electron chi connectivity index (χ0n) is 18.7. The minimum atomic E-state index is -0.169. The summed E-state index contributed by atoms with van der Waals surface area (Å²) in [5.41, 5.74) is 2.58. The van der Waals surface area contributed by atoms with E-state index in [1.165, 1.54) is 0 Å². The average molecular weight is 407 g/mol. The average Bonchev–Trinajstić information content (AvgIpc) is 2.58. The Hall–Kier alpha value is -1.42. The number of carbonyl (C=O) groups is 1. The number of hydrogen-bond acceptors (Lipinski definition) is 4. The quantitative estimate of drug-likeness (QED) is 0.394. The molecule has 0 amide bonds. The predicted octanol–water partition coefficient (Wildman–Crippen LogP) is 6.16. The van der Waals surface area contributed by atoms with Crippen molar-refractivity contribution >= 4 is 17.7 Å². The molecule has 0 saturated carbocycles. The van der Waals surface area contributed by atoms with Crippen molar-refractivity contribution < 1.29 is 14.6 Å². The van der Waals surface area contributed by atoms with Gasteiger partial charge in [-0.2, -0.15) is 11.8 Å². The first-order valence-electron chi connectivity index (χ1n) is 10.1. The molecular formula is C24H38O3S. The van der Waals surface area contributed by atoms with E-state index in [9.17, 15) is 9.90 Å². The summed E-state index contributed by atoms with van der Waals surface area (Å²) in [6.07, 6.45) is 3.80. The molecule has 0 saturated heterocycles. The Morgan fingerprint density at radius 3 is 2.14 bits per heavy atom. The summed E-state index contributed by atoms with van der Waals surface area (Å²) in [5.74, 6) is 1.08. The van der Waals surface area contributed by atoms with E-state index >= 15 is 0 Å². The standard InChI is InChI=1S/C24H38O3S/c1-9-13-28-18(10-2)16-27-21(25)12-11-17-14-19(23(3,4)5)22(26)20(15-17)24(6,7)8/h9,14-15,18,26H,1,10-13,16H2,2-8H3. The molecule has 158 valence electrons. The van der Waals surface area contributed by atoms with Crippen molar-refractivity contribution in [3.63, 3.8) is 0 Å². The van der Waals surface area contributed by atoms with Crippen molar-refractivity contribution in [3.05, 3.63) is 41.5 Å². The molecule has 3 nitrogen and oxygen atoms in total. The van der Waals surface area contributed by atoms with Crippen LogP contribution in [-0.2, 0) is 26.8 Å². The minimum Gasteiger partial charge on any atom is -0.507 e. The van der Waals surface area contributed by atoms with Crippen LogP contribution in [0.3, 0.4) is 0 Å². The molecule has 1 aromatic carbocycles. The van der Waals surface area contributed by atoms with Gasteiger partial charge in [0.05, 0.1) is 0 Å². The number of phenolic OH excluding ortho intramolecular Hbond substituents is 1. The van der Waals surface area contributed by atoms with Crippen molar-refractivity contribution in [2.45, 2.75) is 83.8 Å². The Labute approximate surface area is 176 Å². The lowest BCUT2D eigenvalue weighted by Crippen LogP contribution is -2.18. The van der Waals surface area contributed by atoms with E-state index in [4.69, 9.17) is 4.74 Å². The lowest BCUT2D eigenvalue weighted by Gasteiger charge is -2.28. The van der Waals surface area contributed by atoms with Gasteiger partial charge in [-0.25, -0.2) is 0 Å². The molecule has 0 aromatic heterocycles. The fraction of sp³-hybridized carbons (Fsp3) is 0.625. The Kier molecular flexibility index (Phi) is 9.13. The summed E-state index contributed by atoms with van der Waals surface area (Å²) < 4.78 is 5.49. The van der Waals surface area contributed by atoms with Gasteiger partial charge in [0.15, 0.2) is 0 Å². The first-order chi connectivity index (χ1) is 12.9. The summed E-state index contributed by atoms with van der Waals surface area (Å²) in [5, 5.41) is 11.1. The first kappa shape index (κ1) is 24.6. The van der Waals surface area contributed by atoms with E-state index in [1.54, 1.807) is 11.8 Å². The molecule has 1 unspecified atom stereocenters. The Morgan fingerprint density at radius 2 is 1.71 bits per heavy atom. The number of thioether (sulfide) groups is 1. The predicted molar refractivity (Wildman–Crippen MR) is 122 cm³/mol. The van der Waals surface area contributed by atoms with Crippen molar-refractivity contribution in [3.8, 4) is 5.75 Å². The third-order valence-electron chi connectivity index (χ3n) is 4.74. The van der Waals surface area contributed by atoms with Crippen LogP contribution in [0.25, 0.3) is 0 Å². The Bertz CT molecular complexity index is 630. The minimum absolute atomic E-state index is 0.166. The third kappa shape index (κ3) is 7.54. The lowest BCUT2D eigenvalue weighted by molar-refractivity contribution is -0.143. The van der Waals surface area contributed by atoms with Gasteiger partial charge in [-0.3, -0.25) is 4.79 Å². The van der Waals surface area contributed by atoms with Crippen LogP contribution in [0.1, 0.15) is 78.0 Å². The highest BCUT2D eigenvalue weighted by Crippen LogP contribution is 2.40. The fourth-order valence-electron chi connectivity index (χ4n) is 2.97. The topological polar surface area (TPSA) is 46.5 Å². The van der Waals surface area contributed by atoms with E-state index in [0.717, 1.165) is 28.9 Å². The maximum absolute atomic E-state index is 12.2. The van der Waals surface area contributed by atoms with Gasteiger partial charge in [0.1, 0.15) is 12.4 Å². The van der Waals surface area contributed by atoms with Gasteiger partial charge in [0, 0.05) is 17.4 Å². The monoisotopic (exact) mass is 406 g/mol. The Morgan fingerprint density at radius 1 is 1.18 bits per heavy atom. The number of hydrogen-bond donors (Lipinski definition) is 1. The number of rotatable bonds is 9. The summed E-state index contributed by atoms with van der Waals surface area (Å²) >= 11 is 1.77. The first-order valence-corrected chi connectivity index (χ1v) is 11.2. The van der Waals surface area contributed by atoms with E-state index in [1.807, 2.05) is 18.2 Å². The zero-order valence-corrected chi connectivity index (χ0v) is 19.5. The van der Waals surface area contributed by atoms with Gasteiger partial charge in [-0.05, 0) is 40.4 Å². The smallest absolute Gasteiger partial charge is 0.306 e. The van der Waals surface area contributed by atoms with Crippen LogP contribution in [0.2, 0.25) is 0 Å². The highest BCUT2D eigenvalue weighted by Gasteiger charge is 2.26. The summed E-state index contributed by atoms with van der Waals surface area (Å²) in [6.45, 7) is 18.9. The molecule has 0 aliphatic rings. The maximum Gasteiger partial charge on any atom is 0.306 e. The molecule has 1 N–H and O–H groups in total. The lowest BCUT2D eigenvalue weighted by atomic mass is 9.78. The highest BCUT2D eigenvalue weighted by atomic mass is 32.2. The summed E-state index contributed by atoms with van der Waals surface area (Å²) in [7, 11) is 0. The third-order valence-corrected chi connectivity index (χ3v) is 6.11. The largest absolute Gasteiger partial charge is 0.507 e. The molecule has 1 rings (SSSR count). The number of carbonyl (C=O) groups excluding carboxylic acids is 1.